The Hall–Kier alpha value is -4.63. The number of aromatic hydroxyl groups is 1. The monoisotopic (exact) mass is 608 g/mol. The first-order chi connectivity index (χ1) is 21.5. The van der Waals surface area contributed by atoms with E-state index in [1.165, 1.54) is 14.0 Å². The number of allylic oxidation sites excluding steroid dienone is 1. The summed E-state index contributed by atoms with van der Waals surface area (Å²) in [6, 6.07) is 7.62. The van der Waals surface area contributed by atoms with Crippen LogP contribution in [0.2, 0.25) is 0 Å². The third-order valence-corrected chi connectivity index (χ3v) is 10.4. The van der Waals surface area contributed by atoms with Crippen molar-refractivity contribution in [3.63, 3.8) is 0 Å². The van der Waals surface area contributed by atoms with Crippen molar-refractivity contribution in [3.05, 3.63) is 80.4 Å². The molecule has 2 aromatic rings. The number of Topliss-reactive ketones (excluding diaryl/α,β-unsaturated/α-hetero) is 2. The summed E-state index contributed by atoms with van der Waals surface area (Å²) in [5, 5.41) is 32.4. The summed E-state index contributed by atoms with van der Waals surface area (Å²) in [7, 11) is 3.37. The molecule has 4 aliphatic heterocycles. The van der Waals surface area contributed by atoms with E-state index in [1.807, 2.05) is 29.8 Å². The highest BCUT2D eigenvalue weighted by Crippen LogP contribution is 2.54. The number of aliphatic hydroxyl groups excluding tert-OH is 1. The lowest BCUT2D eigenvalue weighted by molar-refractivity contribution is -0.121. The van der Waals surface area contributed by atoms with Gasteiger partial charge in [-0.2, -0.15) is 5.26 Å². The lowest BCUT2D eigenvalue weighted by atomic mass is 9.69. The van der Waals surface area contributed by atoms with Gasteiger partial charge >= 0.3 is 0 Å². The van der Waals surface area contributed by atoms with Crippen LogP contribution >= 0.6 is 0 Å². The third kappa shape index (κ3) is 3.79. The number of likely N-dealkylation sites (N-methyl/N-ethyl adjacent to an activating group) is 1. The Balaban J connectivity index is 1.43. The Labute approximate surface area is 259 Å². The maximum atomic E-state index is 14.1. The quantitative estimate of drug-likeness (QED) is 0.390. The van der Waals surface area contributed by atoms with E-state index in [2.05, 4.69) is 6.07 Å². The number of imide groups is 1. The van der Waals surface area contributed by atoms with Gasteiger partial charge in [0.2, 0.25) is 0 Å². The molecule has 11 nitrogen and oxygen atoms in total. The maximum Gasteiger partial charge on any atom is 0.261 e. The molecule has 2 amide bonds. The first-order valence-electron chi connectivity index (χ1n) is 14.9. The average Bonchev–Trinajstić information content (AvgIpc) is 3.25. The van der Waals surface area contributed by atoms with E-state index in [0.29, 0.717) is 17.7 Å². The molecule has 230 valence electrons. The van der Waals surface area contributed by atoms with Crippen molar-refractivity contribution in [1.82, 2.24) is 14.7 Å². The zero-order valence-corrected chi connectivity index (χ0v) is 25.3. The van der Waals surface area contributed by atoms with Crippen LogP contribution in [0.5, 0.6) is 11.5 Å². The Morgan fingerprint density at radius 2 is 1.69 bits per heavy atom. The van der Waals surface area contributed by atoms with Crippen molar-refractivity contribution in [2.24, 2.45) is 0 Å². The molecule has 0 unspecified atom stereocenters. The number of fused-ring (bicyclic) bond motifs is 7. The predicted octanol–water partition coefficient (Wildman–Crippen LogP) is 2.01. The Bertz CT molecular complexity index is 1820. The number of carbonyl (C=O) groups excluding carboxylic acids is 4. The summed E-state index contributed by atoms with van der Waals surface area (Å²) in [6.45, 7) is 2.44. The van der Waals surface area contributed by atoms with Gasteiger partial charge in [0, 0.05) is 46.5 Å². The van der Waals surface area contributed by atoms with Gasteiger partial charge in [0.25, 0.3) is 11.8 Å². The van der Waals surface area contributed by atoms with Crippen LogP contribution < -0.4 is 4.74 Å². The van der Waals surface area contributed by atoms with E-state index in [9.17, 15) is 34.7 Å². The van der Waals surface area contributed by atoms with Gasteiger partial charge in [0.1, 0.15) is 6.04 Å². The smallest absolute Gasteiger partial charge is 0.261 e. The van der Waals surface area contributed by atoms with Crippen LogP contribution in [0.4, 0.5) is 0 Å². The second-order valence-corrected chi connectivity index (χ2v) is 12.4. The largest absolute Gasteiger partial charge is 0.504 e. The van der Waals surface area contributed by atoms with Gasteiger partial charge in [0.05, 0.1) is 43.0 Å². The number of amides is 2. The fourth-order valence-electron chi connectivity index (χ4n) is 8.39. The van der Waals surface area contributed by atoms with Crippen molar-refractivity contribution >= 4 is 23.4 Å². The van der Waals surface area contributed by atoms with Gasteiger partial charge in [0.15, 0.2) is 23.1 Å². The fourth-order valence-corrected chi connectivity index (χ4v) is 8.39. The molecule has 11 heteroatoms. The number of benzene rings is 2. The fraction of sp³-hybridized carbons (Fsp3) is 0.382. The van der Waals surface area contributed by atoms with Crippen molar-refractivity contribution in [2.45, 2.75) is 56.9 Å². The summed E-state index contributed by atoms with van der Waals surface area (Å²) in [5.41, 5.74) is 3.22. The van der Waals surface area contributed by atoms with E-state index >= 15 is 0 Å². The molecule has 7 rings (SSSR count). The highest BCUT2D eigenvalue weighted by Gasteiger charge is 2.58. The number of phenols is 1. The van der Waals surface area contributed by atoms with Crippen LogP contribution in [0.15, 0.2) is 52.6 Å². The number of nitriles is 1. The molecule has 1 saturated heterocycles. The van der Waals surface area contributed by atoms with Crippen LogP contribution in [0.3, 0.4) is 0 Å². The minimum atomic E-state index is -1.01. The van der Waals surface area contributed by atoms with Gasteiger partial charge < -0.3 is 14.9 Å². The second kappa shape index (κ2) is 10.2. The first kappa shape index (κ1) is 29.1. The molecule has 0 saturated carbocycles. The normalized spacial score (nSPS) is 27.7. The van der Waals surface area contributed by atoms with E-state index in [-0.39, 0.29) is 64.0 Å². The summed E-state index contributed by atoms with van der Waals surface area (Å²) in [5.74, 6) is -1.63. The average molecular weight is 609 g/mol. The molecule has 1 aliphatic carbocycles. The lowest BCUT2D eigenvalue weighted by Gasteiger charge is -2.60. The summed E-state index contributed by atoms with van der Waals surface area (Å²) < 4.78 is 5.56. The molecule has 1 fully saturated rings. The molecule has 0 aromatic heterocycles. The summed E-state index contributed by atoms with van der Waals surface area (Å²) >= 11 is 0. The van der Waals surface area contributed by atoms with Crippen LogP contribution in [-0.4, -0.2) is 99.8 Å². The lowest BCUT2D eigenvalue weighted by Crippen LogP contribution is -2.71. The van der Waals surface area contributed by atoms with Crippen LogP contribution in [0.1, 0.15) is 56.8 Å². The number of carbonyl (C=O) groups is 4. The molecule has 45 heavy (non-hydrogen) atoms. The molecular formula is C34H32N4O7. The molecular weight excluding hydrogens is 576 g/mol. The Morgan fingerprint density at radius 3 is 2.29 bits per heavy atom. The Morgan fingerprint density at radius 1 is 1.02 bits per heavy atom. The Kier molecular flexibility index (Phi) is 6.60. The van der Waals surface area contributed by atoms with Gasteiger partial charge in [-0.25, -0.2) is 0 Å². The van der Waals surface area contributed by atoms with E-state index < -0.39 is 48.4 Å². The number of ether oxygens (including phenoxy) is 1. The van der Waals surface area contributed by atoms with Gasteiger partial charge in [-0.05, 0) is 57.0 Å². The summed E-state index contributed by atoms with van der Waals surface area (Å²) in [4.78, 5) is 60.2. The first-order valence-corrected chi connectivity index (χ1v) is 14.9. The van der Waals surface area contributed by atoms with Crippen molar-refractivity contribution in [3.8, 4) is 17.6 Å². The number of hydrogen-bond donors (Lipinski definition) is 2. The molecule has 4 heterocycles. The van der Waals surface area contributed by atoms with E-state index in [0.717, 1.165) is 16.0 Å². The maximum absolute atomic E-state index is 14.1. The number of aliphatic hydroxyl groups is 1. The standard InChI is InChI=1S/C34H32N4O7/c1-15-9-17-10-22-24(12-35)38-23(28(36(22)3)26(17)31(42)32(15)45-4)11-20-27(30(41)21(14-39)16(2)29(20)40)25(38)13-37-33(43)18-7-5-6-8-19(18)34(37)44/h5-9,22-25,28,39,42H,10-11,13-14H2,1-4H3/t22-,23-,24-,25-,28+/m0/s1. The van der Waals surface area contributed by atoms with Gasteiger partial charge in [-0.1, -0.05) is 18.2 Å². The molecule has 2 N–H and O–H groups in total. The number of rotatable bonds is 4. The molecule has 0 spiro atoms. The topological polar surface area (TPSA) is 151 Å². The zero-order chi connectivity index (χ0) is 32.1. The highest BCUT2D eigenvalue weighted by atomic mass is 16.5. The number of phenolic OH excluding ortho intramolecular Hbond substituents is 1. The molecule has 2 aromatic carbocycles. The minimum Gasteiger partial charge on any atom is -0.504 e. The SMILES string of the molecule is COc1c(C)cc2c(c1O)[C@H]1[C@@H]3CC4=C(C(=O)C(CO)=C(C)C4=O)[C@H](CN4C(=O)c5ccccc5C4=O)N3[C@@H](C#N)[C@H](C2)N1C. The molecule has 5 aliphatic rings. The number of piperazine rings is 1. The van der Waals surface area contributed by atoms with E-state index in [1.54, 1.807) is 24.3 Å². The molecule has 2 bridgehead atoms. The van der Waals surface area contributed by atoms with E-state index in [4.69, 9.17) is 4.74 Å². The third-order valence-electron chi connectivity index (χ3n) is 10.4. The second-order valence-electron chi connectivity index (χ2n) is 12.4. The van der Waals surface area contributed by atoms with Gasteiger partial charge in [-0.3, -0.25) is 33.9 Å². The summed E-state index contributed by atoms with van der Waals surface area (Å²) in [6.07, 6.45) is 0.505. The minimum absolute atomic E-state index is 0.0143. The van der Waals surface area contributed by atoms with Crippen LogP contribution in [0.25, 0.3) is 0 Å². The molecule has 5 atom stereocenters. The van der Waals surface area contributed by atoms with Gasteiger partial charge in [-0.15, -0.1) is 0 Å². The number of ketones is 2. The van der Waals surface area contributed by atoms with Crippen LogP contribution in [-0.2, 0) is 16.0 Å². The van der Waals surface area contributed by atoms with Crippen LogP contribution in [0, 0.1) is 18.3 Å². The van der Waals surface area contributed by atoms with Crippen molar-refractivity contribution in [1.29, 1.82) is 5.26 Å². The highest BCUT2D eigenvalue weighted by molar-refractivity contribution is 6.26. The zero-order valence-electron chi connectivity index (χ0n) is 25.3. The number of nitrogens with zero attached hydrogens (tertiary/aromatic N) is 4. The number of aryl methyl sites for hydroxylation is 1. The predicted molar refractivity (Wildman–Crippen MR) is 159 cm³/mol. The number of methoxy groups -OCH3 is 1. The number of hydrogen-bond acceptors (Lipinski definition) is 10. The van der Waals surface area contributed by atoms with Crippen molar-refractivity contribution in [2.75, 3.05) is 27.3 Å². The molecule has 0 radical (unpaired) electrons. The van der Waals surface area contributed by atoms with Crippen molar-refractivity contribution < 1.29 is 34.1 Å².